The quantitative estimate of drug-likeness (QED) is 0.868. The van der Waals surface area contributed by atoms with Crippen LogP contribution in [0.15, 0.2) is 36.5 Å². The van der Waals surface area contributed by atoms with E-state index in [4.69, 9.17) is 22.7 Å². The molecular formula is C12H8F2N2OS. The molecule has 92 valence electrons. The molecule has 18 heavy (non-hydrogen) atoms. The topological polar surface area (TPSA) is 48.1 Å². The van der Waals surface area contributed by atoms with Gasteiger partial charge in [-0.25, -0.2) is 13.8 Å². The fourth-order valence-corrected chi connectivity index (χ4v) is 1.38. The number of thiocarbonyl (C=S) groups is 1. The fourth-order valence-electron chi connectivity index (χ4n) is 1.25. The van der Waals surface area contributed by atoms with Crippen LogP contribution < -0.4 is 10.5 Å². The lowest BCUT2D eigenvalue weighted by atomic mass is 10.3. The van der Waals surface area contributed by atoms with Crippen LogP contribution in [0, 0.1) is 11.6 Å². The van der Waals surface area contributed by atoms with Crippen molar-refractivity contribution in [3.8, 4) is 11.6 Å². The molecule has 0 aliphatic heterocycles. The molecule has 0 fully saturated rings. The second kappa shape index (κ2) is 5.05. The molecule has 1 aromatic heterocycles. The predicted octanol–water partition coefficient (Wildman–Crippen LogP) is 2.79. The summed E-state index contributed by atoms with van der Waals surface area (Å²) in [5.74, 6) is -1.37. The van der Waals surface area contributed by atoms with Crippen LogP contribution in [-0.4, -0.2) is 9.97 Å². The van der Waals surface area contributed by atoms with Crippen LogP contribution in [0.1, 0.15) is 5.56 Å². The minimum atomic E-state index is -0.670. The highest BCUT2D eigenvalue weighted by Gasteiger charge is 2.07. The minimum absolute atomic E-state index is 0.125. The van der Waals surface area contributed by atoms with Gasteiger partial charge >= 0.3 is 0 Å². The van der Waals surface area contributed by atoms with Crippen molar-refractivity contribution >= 4 is 17.2 Å². The Hall–Kier alpha value is -2.08. The van der Waals surface area contributed by atoms with Crippen molar-refractivity contribution < 1.29 is 13.5 Å². The van der Waals surface area contributed by atoms with E-state index in [9.17, 15) is 8.78 Å². The average Bonchev–Trinajstić information content (AvgIpc) is 2.34. The van der Waals surface area contributed by atoms with Gasteiger partial charge in [-0.1, -0.05) is 12.2 Å². The van der Waals surface area contributed by atoms with Crippen molar-refractivity contribution in [2.75, 3.05) is 0 Å². The van der Waals surface area contributed by atoms with Gasteiger partial charge < -0.3 is 10.5 Å². The van der Waals surface area contributed by atoms with Gasteiger partial charge in [0.05, 0.1) is 0 Å². The van der Waals surface area contributed by atoms with E-state index in [0.717, 1.165) is 18.2 Å². The molecule has 6 heteroatoms. The molecule has 2 aromatic rings. The average molecular weight is 266 g/mol. The van der Waals surface area contributed by atoms with Crippen molar-refractivity contribution in [3.05, 3.63) is 53.7 Å². The van der Waals surface area contributed by atoms with Crippen molar-refractivity contribution in [3.63, 3.8) is 0 Å². The monoisotopic (exact) mass is 266 g/mol. The molecule has 0 bridgehead atoms. The van der Waals surface area contributed by atoms with Gasteiger partial charge in [-0.3, -0.25) is 0 Å². The lowest BCUT2D eigenvalue weighted by Crippen LogP contribution is -2.09. The van der Waals surface area contributed by atoms with Crippen molar-refractivity contribution in [1.82, 2.24) is 4.98 Å². The molecular weight excluding hydrogens is 258 g/mol. The first kappa shape index (κ1) is 12.4. The standard InChI is InChI=1S/C12H8F2N2OS/c13-8-2-3-9(14)10(5-8)17-11-4-1-7(6-16-11)12(15)18/h1-6H,(H2,15,18). The van der Waals surface area contributed by atoms with Crippen molar-refractivity contribution in [2.45, 2.75) is 0 Å². The van der Waals surface area contributed by atoms with Gasteiger partial charge in [-0.05, 0) is 18.2 Å². The van der Waals surface area contributed by atoms with E-state index in [1.54, 1.807) is 6.07 Å². The Morgan fingerprint density at radius 3 is 2.61 bits per heavy atom. The Bertz CT molecular complexity index is 587. The van der Waals surface area contributed by atoms with Crippen LogP contribution in [0.25, 0.3) is 0 Å². The first-order valence-corrected chi connectivity index (χ1v) is 5.36. The van der Waals surface area contributed by atoms with Gasteiger partial charge in [0.15, 0.2) is 11.6 Å². The molecule has 0 radical (unpaired) electrons. The Labute approximate surface area is 107 Å². The SMILES string of the molecule is NC(=S)c1ccc(Oc2cc(F)ccc2F)nc1. The summed E-state index contributed by atoms with van der Waals surface area (Å²) in [4.78, 5) is 4.09. The molecule has 0 atom stereocenters. The van der Waals surface area contributed by atoms with E-state index in [2.05, 4.69) is 4.98 Å². The van der Waals surface area contributed by atoms with Crippen LogP contribution in [0.4, 0.5) is 8.78 Å². The van der Waals surface area contributed by atoms with Gasteiger partial charge in [-0.2, -0.15) is 0 Å². The van der Waals surface area contributed by atoms with Crippen LogP contribution in [0.2, 0.25) is 0 Å². The van der Waals surface area contributed by atoms with Gasteiger partial charge in [-0.15, -0.1) is 0 Å². The highest BCUT2D eigenvalue weighted by atomic mass is 32.1. The zero-order chi connectivity index (χ0) is 13.1. The highest BCUT2D eigenvalue weighted by molar-refractivity contribution is 7.80. The number of benzene rings is 1. The van der Waals surface area contributed by atoms with E-state index < -0.39 is 11.6 Å². The predicted molar refractivity (Wildman–Crippen MR) is 66.6 cm³/mol. The highest BCUT2D eigenvalue weighted by Crippen LogP contribution is 2.23. The summed E-state index contributed by atoms with van der Waals surface area (Å²) in [5.41, 5.74) is 5.97. The first-order valence-electron chi connectivity index (χ1n) is 4.95. The number of halogens is 2. The third-order valence-corrected chi connectivity index (χ3v) is 2.36. The number of nitrogens with two attached hydrogens (primary N) is 1. The lowest BCUT2D eigenvalue weighted by molar-refractivity contribution is 0.422. The van der Waals surface area contributed by atoms with Gasteiger partial charge in [0.25, 0.3) is 0 Å². The molecule has 2 N–H and O–H groups in total. The molecule has 0 aliphatic carbocycles. The summed E-state index contributed by atoms with van der Waals surface area (Å²) >= 11 is 4.76. The summed E-state index contributed by atoms with van der Waals surface area (Å²) in [7, 11) is 0. The maximum atomic E-state index is 13.3. The normalized spacial score (nSPS) is 10.1. The van der Waals surface area contributed by atoms with Crippen LogP contribution >= 0.6 is 12.2 Å². The fraction of sp³-hybridized carbons (Fsp3) is 0. The van der Waals surface area contributed by atoms with Crippen LogP contribution in [0.3, 0.4) is 0 Å². The van der Waals surface area contributed by atoms with Crippen LogP contribution in [-0.2, 0) is 0 Å². The van der Waals surface area contributed by atoms with Gasteiger partial charge in [0.2, 0.25) is 5.88 Å². The summed E-state index contributed by atoms with van der Waals surface area (Å²) in [6.45, 7) is 0. The molecule has 1 aromatic carbocycles. The molecule has 0 aliphatic rings. The number of nitrogens with zero attached hydrogens (tertiary/aromatic N) is 1. The number of pyridine rings is 1. The maximum absolute atomic E-state index is 13.3. The Morgan fingerprint density at radius 1 is 1.22 bits per heavy atom. The number of rotatable bonds is 3. The van der Waals surface area contributed by atoms with Crippen molar-refractivity contribution in [2.24, 2.45) is 5.73 Å². The van der Waals surface area contributed by atoms with E-state index in [1.165, 1.54) is 12.3 Å². The van der Waals surface area contributed by atoms with Crippen molar-refractivity contribution in [1.29, 1.82) is 0 Å². The Balaban J connectivity index is 2.23. The minimum Gasteiger partial charge on any atom is -0.436 e. The maximum Gasteiger partial charge on any atom is 0.219 e. The molecule has 1 heterocycles. The Morgan fingerprint density at radius 2 is 2.00 bits per heavy atom. The van der Waals surface area contributed by atoms with Crippen LogP contribution in [0.5, 0.6) is 11.6 Å². The number of hydrogen-bond donors (Lipinski definition) is 1. The second-order valence-electron chi connectivity index (χ2n) is 3.43. The second-order valence-corrected chi connectivity index (χ2v) is 3.87. The summed E-state index contributed by atoms with van der Waals surface area (Å²) < 4.78 is 31.3. The summed E-state index contributed by atoms with van der Waals surface area (Å²) in [6.07, 6.45) is 1.40. The molecule has 0 spiro atoms. The molecule has 0 unspecified atom stereocenters. The van der Waals surface area contributed by atoms with Gasteiger partial charge in [0.1, 0.15) is 10.8 Å². The summed E-state index contributed by atoms with van der Waals surface area (Å²) in [5, 5.41) is 0. The molecule has 0 saturated carbocycles. The number of aromatic nitrogens is 1. The smallest absolute Gasteiger partial charge is 0.219 e. The number of hydrogen-bond acceptors (Lipinski definition) is 3. The third kappa shape index (κ3) is 2.78. The lowest BCUT2D eigenvalue weighted by Gasteiger charge is -2.06. The zero-order valence-electron chi connectivity index (χ0n) is 9.06. The van der Waals surface area contributed by atoms with E-state index in [-0.39, 0.29) is 16.6 Å². The first-order chi connectivity index (χ1) is 8.56. The molecule has 3 nitrogen and oxygen atoms in total. The Kier molecular flexibility index (Phi) is 3.47. The third-order valence-electron chi connectivity index (χ3n) is 2.13. The zero-order valence-corrected chi connectivity index (χ0v) is 9.88. The molecule has 0 amide bonds. The largest absolute Gasteiger partial charge is 0.436 e. The molecule has 2 rings (SSSR count). The molecule has 0 saturated heterocycles. The van der Waals surface area contributed by atoms with Gasteiger partial charge in [0, 0.05) is 23.9 Å². The van der Waals surface area contributed by atoms with E-state index in [1.807, 2.05) is 0 Å². The van der Waals surface area contributed by atoms with E-state index in [0.29, 0.717) is 5.56 Å². The summed E-state index contributed by atoms with van der Waals surface area (Å²) in [6, 6.07) is 5.98. The number of ether oxygens (including phenoxy) is 1. The van der Waals surface area contributed by atoms with E-state index >= 15 is 0 Å².